The van der Waals surface area contributed by atoms with Crippen molar-refractivity contribution >= 4 is 29.6 Å². The number of benzene rings is 1. The predicted molar refractivity (Wildman–Crippen MR) is 91.9 cm³/mol. The van der Waals surface area contributed by atoms with E-state index in [-0.39, 0.29) is 5.91 Å². The predicted octanol–water partition coefficient (Wildman–Crippen LogP) is 3.35. The summed E-state index contributed by atoms with van der Waals surface area (Å²) in [5, 5.41) is 7.38. The molecule has 1 unspecified atom stereocenters. The van der Waals surface area contributed by atoms with Crippen molar-refractivity contribution in [2.75, 3.05) is 17.2 Å². The average molecular weight is 313 g/mol. The lowest BCUT2D eigenvalue weighted by molar-refractivity contribution is -0.114. The molecule has 1 atom stereocenters. The minimum absolute atomic E-state index is 0.0133. The Bertz CT molecular complexity index is 619. The molecule has 1 aromatic carbocycles. The summed E-state index contributed by atoms with van der Waals surface area (Å²) in [6, 6.07) is 11.7. The van der Waals surface area contributed by atoms with Crippen LogP contribution in [0.15, 0.2) is 48.7 Å². The monoisotopic (exact) mass is 313 g/mol. The Morgan fingerprint density at radius 1 is 1.36 bits per heavy atom. The highest BCUT2D eigenvalue weighted by Gasteiger charge is 2.23. The molecule has 0 bridgehead atoms. The molecule has 1 amide bonds. The molecule has 1 aliphatic rings. The number of hydrogen-bond donors (Lipinski definition) is 1. The molecule has 0 radical (unpaired) electrons. The summed E-state index contributed by atoms with van der Waals surface area (Å²) >= 11 is 1.95. The lowest BCUT2D eigenvalue weighted by Gasteiger charge is -2.22. The number of hydrogen-bond acceptors (Lipinski definition) is 3. The highest BCUT2D eigenvalue weighted by molar-refractivity contribution is 8.00. The van der Waals surface area contributed by atoms with E-state index in [1.165, 1.54) is 18.6 Å². The van der Waals surface area contributed by atoms with Crippen LogP contribution < -0.4 is 4.90 Å². The number of nitrogens with zero attached hydrogens (tertiary/aromatic N) is 2. The number of aromatic amines is 1. The van der Waals surface area contributed by atoms with Gasteiger partial charge in [0.1, 0.15) is 5.82 Å². The average Bonchev–Trinajstić information content (AvgIpc) is 3.24. The second kappa shape index (κ2) is 7.31. The maximum Gasteiger partial charge on any atom is 0.252 e. The van der Waals surface area contributed by atoms with Gasteiger partial charge in [-0.15, -0.1) is 0 Å². The molecular formula is C17H19N3OS. The molecule has 3 rings (SSSR count). The molecular weight excluding hydrogens is 294 g/mol. The Morgan fingerprint density at radius 3 is 2.91 bits per heavy atom. The van der Waals surface area contributed by atoms with Crippen LogP contribution in [0.25, 0.3) is 6.08 Å². The number of H-pyrrole nitrogens is 1. The number of rotatable bonds is 5. The van der Waals surface area contributed by atoms with E-state index in [1.807, 2.05) is 54.2 Å². The van der Waals surface area contributed by atoms with Crippen LogP contribution in [-0.2, 0) is 4.79 Å². The highest BCUT2D eigenvalue weighted by atomic mass is 32.2. The van der Waals surface area contributed by atoms with Gasteiger partial charge < -0.3 is 0 Å². The van der Waals surface area contributed by atoms with Gasteiger partial charge in [0.15, 0.2) is 0 Å². The summed E-state index contributed by atoms with van der Waals surface area (Å²) in [6.45, 7) is 0.727. The molecule has 2 heterocycles. The van der Waals surface area contributed by atoms with Crippen LogP contribution in [0.2, 0.25) is 0 Å². The van der Waals surface area contributed by atoms with Crippen molar-refractivity contribution in [3.8, 4) is 0 Å². The topological polar surface area (TPSA) is 49.0 Å². The number of carbonyl (C=O) groups is 1. The molecule has 22 heavy (non-hydrogen) atoms. The van der Waals surface area contributed by atoms with E-state index in [4.69, 9.17) is 0 Å². The molecule has 1 aliphatic heterocycles. The maximum absolute atomic E-state index is 12.6. The molecule has 1 aromatic heterocycles. The zero-order valence-electron chi connectivity index (χ0n) is 12.3. The Hall–Kier alpha value is -2.01. The number of aromatic nitrogens is 2. The lowest BCUT2D eigenvalue weighted by atomic mass is 10.2. The Labute approximate surface area is 134 Å². The van der Waals surface area contributed by atoms with Gasteiger partial charge in [0.25, 0.3) is 5.91 Å². The smallest absolute Gasteiger partial charge is 0.252 e. The van der Waals surface area contributed by atoms with Gasteiger partial charge in [-0.05, 0) is 30.2 Å². The second-order valence-electron chi connectivity index (χ2n) is 5.27. The summed E-state index contributed by atoms with van der Waals surface area (Å²) in [7, 11) is 0. The van der Waals surface area contributed by atoms with Crippen molar-refractivity contribution in [3.63, 3.8) is 0 Å². The Morgan fingerprint density at radius 2 is 2.23 bits per heavy atom. The number of carbonyl (C=O) groups excluding carboxylic acids is 1. The van der Waals surface area contributed by atoms with Crippen molar-refractivity contribution in [2.45, 2.75) is 18.1 Å². The summed E-state index contributed by atoms with van der Waals surface area (Å²) in [5.74, 6) is 1.94. The minimum Gasteiger partial charge on any atom is -0.292 e. The third kappa shape index (κ3) is 3.80. The summed E-state index contributed by atoms with van der Waals surface area (Å²) in [5.41, 5.74) is 1.02. The third-order valence-corrected chi connectivity index (χ3v) is 5.05. The first-order valence-electron chi connectivity index (χ1n) is 7.48. The van der Waals surface area contributed by atoms with Gasteiger partial charge in [0.2, 0.25) is 0 Å². The maximum atomic E-state index is 12.6. The van der Waals surface area contributed by atoms with Gasteiger partial charge in [-0.1, -0.05) is 30.3 Å². The first-order valence-corrected chi connectivity index (χ1v) is 8.53. The van der Waals surface area contributed by atoms with Crippen LogP contribution >= 0.6 is 11.8 Å². The number of amides is 1. The molecule has 0 spiro atoms. The van der Waals surface area contributed by atoms with Crippen molar-refractivity contribution in [3.05, 3.63) is 54.2 Å². The summed E-state index contributed by atoms with van der Waals surface area (Å²) in [4.78, 5) is 14.4. The van der Waals surface area contributed by atoms with E-state index in [9.17, 15) is 4.79 Å². The molecule has 1 saturated heterocycles. The van der Waals surface area contributed by atoms with Crippen LogP contribution in [0.5, 0.6) is 0 Å². The molecule has 5 heteroatoms. The Balaban J connectivity index is 1.73. The van der Waals surface area contributed by atoms with Gasteiger partial charge >= 0.3 is 0 Å². The first-order chi connectivity index (χ1) is 10.8. The van der Waals surface area contributed by atoms with Crippen LogP contribution in [0.3, 0.4) is 0 Å². The minimum atomic E-state index is -0.0133. The van der Waals surface area contributed by atoms with E-state index in [1.54, 1.807) is 17.2 Å². The van der Waals surface area contributed by atoms with Gasteiger partial charge in [0.05, 0.1) is 6.20 Å². The van der Waals surface area contributed by atoms with Crippen molar-refractivity contribution in [2.24, 2.45) is 0 Å². The normalized spacial score (nSPS) is 17.9. The van der Waals surface area contributed by atoms with Gasteiger partial charge in [-0.3, -0.25) is 14.8 Å². The van der Waals surface area contributed by atoms with Crippen LogP contribution in [-0.4, -0.2) is 33.7 Å². The van der Waals surface area contributed by atoms with Crippen molar-refractivity contribution in [1.82, 2.24) is 10.2 Å². The van der Waals surface area contributed by atoms with E-state index in [2.05, 4.69) is 10.2 Å². The molecule has 2 aromatic rings. The highest BCUT2D eigenvalue weighted by Crippen LogP contribution is 2.28. The lowest BCUT2D eigenvalue weighted by Crippen LogP contribution is -2.35. The number of anilines is 1. The zero-order valence-corrected chi connectivity index (χ0v) is 13.1. The Kier molecular flexibility index (Phi) is 4.96. The van der Waals surface area contributed by atoms with Crippen molar-refractivity contribution in [1.29, 1.82) is 0 Å². The second-order valence-corrected chi connectivity index (χ2v) is 6.68. The van der Waals surface area contributed by atoms with Crippen LogP contribution in [0.1, 0.15) is 18.4 Å². The molecule has 4 nitrogen and oxygen atoms in total. The van der Waals surface area contributed by atoms with Gasteiger partial charge in [-0.2, -0.15) is 16.9 Å². The first kappa shape index (κ1) is 14.9. The summed E-state index contributed by atoms with van der Waals surface area (Å²) in [6.07, 6.45) is 7.58. The molecule has 1 fully saturated rings. The van der Waals surface area contributed by atoms with Gasteiger partial charge in [0, 0.05) is 23.9 Å². The fourth-order valence-corrected chi connectivity index (χ4v) is 3.77. The van der Waals surface area contributed by atoms with Crippen LogP contribution in [0.4, 0.5) is 5.82 Å². The SMILES string of the molecule is O=C(/C=C/c1ccccc1)N(CC1CCCS1)c1ccn[nH]1. The van der Waals surface area contributed by atoms with E-state index in [0.717, 1.165) is 17.9 Å². The molecule has 1 N–H and O–H groups in total. The fourth-order valence-electron chi connectivity index (χ4n) is 2.52. The molecule has 114 valence electrons. The van der Waals surface area contributed by atoms with Crippen molar-refractivity contribution < 1.29 is 4.79 Å². The standard InChI is InChI=1S/C17H19N3OS/c21-17(9-8-14-5-2-1-3-6-14)20(16-10-11-18-19-16)13-15-7-4-12-22-15/h1-3,5-6,8-11,15H,4,7,12-13H2,(H,18,19)/b9-8+. The van der Waals surface area contributed by atoms with Crippen LogP contribution in [0, 0.1) is 0 Å². The summed E-state index contributed by atoms with van der Waals surface area (Å²) < 4.78 is 0. The van der Waals surface area contributed by atoms with E-state index in [0.29, 0.717) is 5.25 Å². The largest absolute Gasteiger partial charge is 0.292 e. The molecule has 0 aliphatic carbocycles. The molecule has 0 saturated carbocycles. The number of nitrogens with one attached hydrogen (secondary N) is 1. The number of thioether (sulfide) groups is 1. The zero-order chi connectivity index (χ0) is 15.2. The quantitative estimate of drug-likeness (QED) is 0.861. The van der Waals surface area contributed by atoms with E-state index >= 15 is 0 Å². The third-order valence-electron chi connectivity index (χ3n) is 3.67. The van der Waals surface area contributed by atoms with Gasteiger partial charge in [-0.25, -0.2) is 0 Å². The van der Waals surface area contributed by atoms with E-state index < -0.39 is 0 Å². The fraction of sp³-hybridized carbons (Fsp3) is 0.294.